The Bertz CT molecular complexity index is 1380. The van der Waals surface area contributed by atoms with Gasteiger partial charge in [-0.25, -0.2) is 8.42 Å². The summed E-state index contributed by atoms with van der Waals surface area (Å²) in [5.41, 5.74) is 2.29. The first-order valence-corrected chi connectivity index (χ1v) is 16.4. The summed E-state index contributed by atoms with van der Waals surface area (Å²) in [6, 6.07) is 25.4. The van der Waals surface area contributed by atoms with Gasteiger partial charge in [0.05, 0.1) is 18.6 Å². The number of nitrogens with zero attached hydrogens (tertiary/aromatic N) is 2. The zero-order valence-corrected chi connectivity index (χ0v) is 25.8. The summed E-state index contributed by atoms with van der Waals surface area (Å²) >= 11 is 0. The second kappa shape index (κ2) is 16.0. The predicted octanol–water partition coefficient (Wildman–Crippen LogP) is 5.19. The van der Waals surface area contributed by atoms with Crippen molar-refractivity contribution >= 4 is 27.5 Å². The minimum absolute atomic E-state index is 0.0434. The van der Waals surface area contributed by atoms with Gasteiger partial charge in [-0.2, -0.15) is 0 Å². The van der Waals surface area contributed by atoms with Crippen LogP contribution in [0.25, 0.3) is 0 Å². The van der Waals surface area contributed by atoms with Crippen LogP contribution >= 0.6 is 0 Å². The van der Waals surface area contributed by atoms with E-state index < -0.39 is 16.1 Å². The Hall–Kier alpha value is -3.85. The molecule has 0 unspecified atom stereocenters. The summed E-state index contributed by atoms with van der Waals surface area (Å²) in [6.07, 6.45) is 2.61. The molecule has 0 bridgehead atoms. The first-order valence-electron chi connectivity index (χ1n) is 14.5. The highest BCUT2D eigenvalue weighted by molar-refractivity contribution is 7.92. The van der Waals surface area contributed by atoms with E-state index in [2.05, 4.69) is 5.32 Å². The molecule has 2 atom stereocenters. The second-order valence-corrected chi connectivity index (χ2v) is 12.3. The summed E-state index contributed by atoms with van der Waals surface area (Å²) in [6.45, 7) is 6.53. The molecule has 3 aromatic rings. The molecule has 0 saturated carbocycles. The van der Waals surface area contributed by atoms with E-state index in [9.17, 15) is 18.0 Å². The number of hydrogen-bond acceptors (Lipinski definition) is 5. The first kappa shape index (κ1) is 32.7. The number of anilines is 1. The molecule has 0 fully saturated rings. The van der Waals surface area contributed by atoms with Crippen molar-refractivity contribution in [3.8, 4) is 5.75 Å². The van der Waals surface area contributed by atoms with E-state index in [4.69, 9.17) is 4.74 Å². The number of benzene rings is 3. The van der Waals surface area contributed by atoms with Gasteiger partial charge in [-0.05, 0) is 49.9 Å². The zero-order valence-electron chi connectivity index (χ0n) is 25.0. The number of carbonyl (C=O) groups is 2. The van der Waals surface area contributed by atoms with Gasteiger partial charge < -0.3 is 15.0 Å². The van der Waals surface area contributed by atoms with Crippen LogP contribution in [0.3, 0.4) is 0 Å². The number of ether oxygens (including phenoxy) is 1. The van der Waals surface area contributed by atoms with Crippen molar-refractivity contribution < 1.29 is 22.7 Å². The van der Waals surface area contributed by atoms with Crippen molar-refractivity contribution in [3.63, 3.8) is 0 Å². The van der Waals surface area contributed by atoms with Crippen LogP contribution in [-0.2, 0) is 32.6 Å². The molecule has 2 amide bonds. The molecule has 0 aliphatic carbocycles. The maximum Gasteiger partial charge on any atom is 0.243 e. The van der Waals surface area contributed by atoms with E-state index in [0.717, 1.165) is 23.8 Å². The predicted molar refractivity (Wildman–Crippen MR) is 168 cm³/mol. The molecule has 1 N–H and O–H groups in total. The molecular weight excluding hydrogens is 550 g/mol. The first-order chi connectivity index (χ1) is 20.1. The van der Waals surface area contributed by atoms with E-state index in [0.29, 0.717) is 24.5 Å². The van der Waals surface area contributed by atoms with Crippen molar-refractivity contribution in [1.29, 1.82) is 0 Å². The third-order valence-electron chi connectivity index (χ3n) is 7.05. The standard InChI is InChI=1S/C33H43N3O5S/c1-5-26(3)34-33(38)30(24-27-16-9-7-10-17-27)35(25-28-18-11-8-12-19-28)32(37)22-15-23-36(42(4,39)40)29-20-13-14-21-31(29)41-6-2/h7-14,16-21,26,30H,5-6,15,22-25H2,1-4H3,(H,34,38)/t26-,30+/m0/s1. The summed E-state index contributed by atoms with van der Waals surface area (Å²) < 4.78 is 32.5. The number of rotatable bonds is 16. The number of nitrogens with one attached hydrogen (secondary N) is 1. The fraction of sp³-hybridized carbons (Fsp3) is 0.394. The van der Waals surface area contributed by atoms with Crippen molar-refractivity contribution in [1.82, 2.24) is 10.2 Å². The van der Waals surface area contributed by atoms with Crippen LogP contribution in [0.15, 0.2) is 84.9 Å². The fourth-order valence-electron chi connectivity index (χ4n) is 4.70. The quantitative estimate of drug-likeness (QED) is 0.247. The van der Waals surface area contributed by atoms with E-state index >= 15 is 0 Å². The lowest BCUT2D eigenvalue weighted by atomic mass is 10.0. The molecule has 226 valence electrons. The highest BCUT2D eigenvalue weighted by Crippen LogP contribution is 2.30. The molecule has 0 spiro atoms. The fourth-order valence-corrected chi connectivity index (χ4v) is 5.67. The summed E-state index contributed by atoms with van der Waals surface area (Å²) in [5.74, 6) is 0.0404. The molecule has 8 nitrogen and oxygen atoms in total. The van der Waals surface area contributed by atoms with Crippen molar-refractivity contribution in [2.45, 2.75) is 65.1 Å². The largest absolute Gasteiger partial charge is 0.492 e. The van der Waals surface area contributed by atoms with Gasteiger partial charge in [0.2, 0.25) is 21.8 Å². The Labute approximate surface area is 250 Å². The zero-order chi connectivity index (χ0) is 30.5. The van der Waals surface area contributed by atoms with Crippen LogP contribution in [0.4, 0.5) is 5.69 Å². The number of amides is 2. The molecule has 0 saturated heterocycles. The summed E-state index contributed by atoms with van der Waals surface area (Å²) in [4.78, 5) is 29.2. The van der Waals surface area contributed by atoms with Gasteiger partial charge in [-0.1, -0.05) is 79.7 Å². The maximum absolute atomic E-state index is 13.9. The van der Waals surface area contributed by atoms with Gasteiger partial charge in [0.1, 0.15) is 11.8 Å². The summed E-state index contributed by atoms with van der Waals surface area (Å²) in [7, 11) is -3.65. The molecule has 0 aliphatic heterocycles. The minimum atomic E-state index is -3.65. The molecule has 3 aromatic carbocycles. The van der Waals surface area contributed by atoms with E-state index in [1.54, 1.807) is 29.2 Å². The Morgan fingerprint density at radius 1 is 0.881 bits per heavy atom. The van der Waals surface area contributed by atoms with Crippen LogP contribution in [-0.4, -0.2) is 56.6 Å². The van der Waals surface area contributed by atoms with Gasteiger partial charge in [0.15, 0.2) is 0 Å². The Kier molecular flexibility index (Phi) is 12.4. The Balaban J connectivity index is 1.88. The number of para-hydroxylation sites is 2. The molecule has 9 heteroatoms. The monoisotopic (exact) mass is 593 g/mol. The van der Waals surface area contributed by atoms with Crippen LogP contribution in [0.1, 0.15) is 51.2 Å². The second-order valence-electron chi connectivity index (χ2n) is 10.4. The van der Waals surface area contributed by atoms with Gasteiger partial charge in [0.25, 0.3) is 0 Å². The Morgan fingerprint density at radius 3 is 2.07 bits per heavy atom. The Morgan fingerprint density at radius 2 is 1.48 bits per heavy atom. The normalized spacial score (nSPS) is 12.7. The topological polar surface area (TPSA) is 96.0 Å². The third kappa shape index (κ3) is 9.62. The van der Waals surface area contributed by atoms with E-state index in [1.165, 1.54) is 4.31 Å². The minimum Gasteiger partial charge on any atom is -0.492 e. The molecule has 0 aromatic heterocycles. The van der Waals surface area contributed by atoms with Gasteiger partial charge in [0, 0.05) is 32.0 Å². The lowest BCUT2D eigenvalue weighted by molar-refractivity contribution is -0.141. The highest BCUT2D eigenvalue weighted by atomic mass is 32.2. The average Bonchev–Trinajstić information content (AvgIpc) is 2.98. The highest BCUT2D eigenvalue weighted by Gasteiger charge is 2.31. The van der Waals surface area contributed by atoms with Crippen LogP contribution in [0.2, 0.25) is 0 Å². The smallest absolute Gasteiger partial charge is 0.243 e. The molecule has 42 heavy (non-hydrogen) atoms. The number of carbonyl (C=O) groups excluding carboxylic acids is 2. The molecule has 3 rings (SSSR count). The van der Waals surface area contributed by atoms with E-state index in [1.807, 2.05) is 81.4 Å². The van der Waals surface area contributed by atoms with Crippen molar-refractivity contribution in [2.75, 3.05) is 23.7 Å². The van der Waals surface area contributed by atoms with Crippen molar-refractivity contribution in [2.24, 2.45) is 0 Å². The van der Waals surface area contributed by atoms with Crippen LogP contribution in [0.5, 0.6) is 5.75 Å². The summed E-state index contributed by atoms with van der Waals surface area (Å²) in [5, 5.41) is 3.07. The van der Waals surface area contributed by atoms with Gasteiger partial charge >= 0.3 is 0 Å². The molecule has 0 heterocycles. The van der Waals surface area contributed by atoms with Gasteiger partial charge in [-0.3, -0.25) is 13.9 Å². The van der Waals surface area contributed by atoms with Crippen molar-refractivity contribution in [3.05, 3.63) is 96.1 Å². The number of hydrogen-bond donors (Lipinski definition) is 1. The molecular formula is C33H43N3O5S. The average molecular weight is 594 g/mol. The van der Waals surface area contributed by atoms with E-state index in [-0.39, 0.29) is 43.8 Å². The van der Waals surface area contributed by atoms with Crippen LogP contribution in [0, 0.1) is 0 Å². The molecule has 0 radical (unpaired) electrons. The maximum atomic E-state index is 13.9. The molecule has 0 aliphatic rings. The number of sulfonamides is 1. The van der Waals surface area contributed by atoms with Gasteiger partial charge in [-0.15, -0.1) is 0 Å². The van der Waals surface area contributed by atoms with Crippen LogP contribution < -0.4 is 14.4 Å². The third-order valence-corrected chi connectivity index (χ3v) is 8.23. The lowest BCUT2D eigenvalue weighted by Gasteiger charge is -2.32. The lowest BCUT2D eigenvalue weighted by Crippen LogP contribution is -2.52. The SMILES string of the molecule is CCOc1ccccc1N(CCCC(=O)N(Cc1ccccc1)[C@H](Cc1ccccc1)C(=O)N[C@@H](C)CC)S(C)(=O)=O.